The molecule has 0 aliphatic carbocycles. The van der Waals surface area contributed by atoms with E-state index in [-0.39, 0.29) is 5.91 Å². The molecular formula is C18H22N2O3. The Kier molecular flexibility index (Phi) is 5.46. The molecule has 5 nitrogen and oxygen atoms in total. The normalized spacial score (nSPS) is 11.5. The van der Waals surface area contributed by atoms with E-state index in [1.807, 2.05) is 43.3 Å². The molecule has 2 rings (SSSR count). The zero-order valence-corrected chi connectivity index (χ0v) is 13.8. The maximum Gasteiger partial charge on any atom is 0.246 e. The van der Waals surface area contributed by atoms with Crippen LogP contribution in [0.25, 0.3) is 0 Å². The van der Waals surface area contributed by atoms with Crippen molar-refractivity contribution in [2.45, 2.75) is 19.9 Å². The van der Waals surface area contributed by atoms with E-state index in [1.165, 1.54) is 0 Å². The van der Waals surface area contributed by atoms with Crippen LogP contribution in [0.15, 0.2) is 42.5 Å². The molecule has 2 aromatic rings. The first-order valence-corrected chi connectivity index (χ1v) is 7.39. The molecule has 0 aromatic heterocycles. The molecule has 2 aromatic carbocycles. The van der Waals surface area contributed by atoms with Crippen LogP contribution in [0.2, 0.25) is 0 Å². The van der Waals surface area contributed by atoms with Gasteiger partial charge >= 0.3 is 0 Å². The number of methoxy groups -OCH3 is 2. The number of rotatable bonds is 6. The van der Waals surface area contributed by atoms with Crippen LogP contribution >= 0.6 is 0 Å². The summed E-state index contributed by atoms with van der Waals surface area (Å²) in [6.07, 6.45) is 0. The van der Waals surface area contributed by atoms with Gasteiger partial charge in [0.05, 0.1) is 19.9 Å². The average Bonchev–Trinajstić information content (AvgIpc) is 2.57. The van der Waals surface area contributed by atoms with Gasteiger partial charge in [-0.15, -0.1) is 0 Å². The number of carbonyl (C=O) groups excluding carboxylic acids is 1. The number of carbonyl (C=O) groups is 1. The van der Waals surface area contributed by atoms with Crippen molar-refractivity contribution in [2.24, 2.45) is 0 Å². The molecule has 1 atom stereocenters. The summed E-state index contributed by atoms with van der Waals surface area (Å²) in [5.41, 5.74) is 2.66. The summed E-state index contributed by atoms with van der Waals surface area (Å²) in [5, 5.41) is 6.03. The van der Waals surface area contributed by atoms with E-state index in [9.17, 15) is 4.79 Å². The average molecular weight is 314 g/mol. The van der Waals surface area contributed by atoms with Crippen LogP contribution in [0.5, 0.6) is 11.5 Å². The third-order valence-electron chi connectivity index (χ3n) is 3.49. The molecule has 122 valence electrons. The molecule has 1 amide bonds. The van der Waals surface area contributed by atoms with Crippen molar-refractivity contribution in [1.29, 1.82) is 0 Å². The molecule has 2 N–H and O–H groups in total. The molecule has 0 saturated carbocycles. The van der Waals surface area contributed by atoms with Crippen LogP contribution in [-0.4, -0.2) is 26.2 Å². The molecule has 0 aliphatic rings. The predicted molar refractivity (Wildman–Crippen MR) is 92.4 cm³/mol. The number of ether oxygens (including phenoxy) is 2. The number of amides is 1. The molecule has 0 fully saturated rings. The molecule has 5 heteroatoms. The Bertz CT molecular complexity index is 668. The lowest BCUT2D eigenvalue weighted by Gasteiger charge is -2.18. The zero-order chi connectivity index (χ0) is 16.8. The minimum atomic E-state index is -0.418. The van der Waals surface area contributed by atoms with Crippen molar-refractivity contribution in [2.75, 3.05) is 24.9 Å². The summed E-state index contributed by atoms with van der Waals surface area (Å²) in [5.74, 6) is 1.20. The largest absolute Gasteiger partial charge is 0.497 e. The molecule has 0 radical (unpaired) electrons. The SMILES string of the molecule is COc1ccc(N[C@@H](C)C(=O)Nc2ccc(C)cc2)c(OC)c1. The summed E-state index contributed by atoms with van der Waals surface area (Å²) in [4.78, 5) is 12.3. The lowest BCUT2D eigenvalue weighted by atomic mass is 10.2. The van der Waals surface area contributed by atoms with Gasteiger partial charge in [0.15, 0.2) is 0 Å². The van der Waals surface area contributed by atoms with Gasteiger partial charge in [-0.05, 0) is 38.1 Å². The van der Waals surface area contributed by atoms with Crippen molar-refractivity contribution >= 4 is 17.3 Å². The highest BCUT2D eigenvalue weighted by Crippen LogP contribution is 2.29. The fraction of sp³-hybridized carbons (Fsp3) is 0.278. The minimum Gasteiger partial charge on any atom is -0.497 e. The van der Waals surface area contributed by atoms with Crippen molar-refractivity contribution in [3.05, 3.63) is 48.0 Å². The van der Waals surface area contributed by atoms with Crippen LogP contribution in [0.3, 0.4) is 0 Å². The minimum absolute atomic E-state index is 0.119. The first kappa shape index (κ1) is 16.7. The zero-order valence-electron chi connectivity index (χ0n) is 13.8. The Morgan fingerprint density at radius 3 is 2.35 bits per heavy atom. The standard InChI is InChI=1S/C18H22N2O3/c1-12-5-7-14(8-6-12)20-18(21)13(2)19-16-10-9-15(22-3)11-17(16)23-4/h5-11,13,19H,1-4H3,(H,20,21)/t13-/m0/s1. The Morgan fingerprint density at radius 2 is 1.74 bits per heavy atom. The first-order chi connectivity index (χ1) is 11.0. The summed E-state index contributed by atoms with van der Waals surface area (Å²) < 4.78 is 10.5. The number of anilines is 2. The lowest BCUT2D eigenvalue weighted by Crippen LogP contribution is -2.32. The van der Waals surface area contributed by atoms with Gasteiger partial charge in [-0.2, -0.15) is 0 Å². The van der Waals surface area contributed by atoms with Crippen molar-refractivity contribution < 1.29 is 14.3 Å². The van der Waals surface area contributed by atoms with E-state index >= 15 is 0 Å². The van der Waals surface area contributed by atoms with Crippen molar-refractivity contribution in [3.8, 4) is 11.5 Å². The van der Waals surface area contributed by atoms with E-state index in [4.69, 9.17) is 9.47 Å². The van der Waals surface area contributed by atoms with Crippen LogP contribution < -0.4 is 20.1 Å². The highest BCUT2D eigenvalue weighted by molar-refractivity contribution is 5.96. The molecule has 0 bridgehead atoms. The molecule has 0 saturated heterocycles. The third kappa shape index (κ3) is 4.39. The molecule has 0 spiro atoms. The maximum absolute atomic E-state index is 12.3. The van der Waals surface area contributed by atoms with E-state index in [0.29, 0.717) is 11.5 Å². The fourth-order valence-electron chi connectivity index (χ4n) is 2.10. The van der Waals surface area contributed by atoms with Gasteiger partial charge in [-0.3, -0.25) is 4.79 Å². The first-order valence-electron chi connectivity index (χ1n) is 7.39. The highest BCUT2D eigenvalue weighted by atomic mass is 16.5. The van der Waals surface area contributed by atoms with Gasteiger partial charge in [-0.25, -0.2) is 0 Å². The highest BCUT2D eigenvalue weighted by Gasteiger charge is 2.15. The topological polar surface area (TPSA) is 59.6 Å². The van der Waals surface area contributed by atoms with Crippen LogP contribution in [0.1, 0.15) is 12.5 Å². The van der Waals surface area contributed by atoms with Crippen LogP contribution in [0.4, 0.5) is 11.4 Å². The smallest absolute Gasteiger partial charge is 0.246 e. The molecule has 0 aliphatic heterocycles. The van der Waals surface area contributed by atoms with E-state index < -0.39 is 6.04 Å². The predicted octanol–water partition coefficient (Wildman–Crippen LogP) is 3.45. The van der Waals surface area contributed by atoms with E-state index in [1.54, 1.807) is 27.2 Å². The number of nitrogens with one attached hydrogen (secondary N) is 2. The van der Waals surface area contributed by atoms with Crippen LogP contribution in [0, 0.1) is 6.92 Å². The number of benzene rings is 2. The van der Waals surface area contributed by atoms with Gasteiger partial charge in [0.25, 0.3) is 0 Å². The summed E-state index contributed by atoms with van der Waals surface area (Å²) in [7, 11) is 3.18. The van der Waals surface area contributed by atoms with Gasteiger partial charge in [0, 0.05) is 11.8 Å². The van der Waals surface area contributed by atoms with E-state index in [2.05, 4.69) is 10.6 Å². The molecule has 0 unspecified atom stereocenters. The summed E-state index contributed by atoms with van der Waals surface area (Å²) in [6, 6.07) is 12.7. The van der Waals surface area contributed by atoms with E-state index in [0.717, 1.165) is 16.9 Å². The Hall–Kier alpha value is -2.69. The fourth-order valence-corrected chi connectivity index (χ4v) is 2.10. The Labute approximate surface area is 136 Å². The maximum atomic E-state index is 12.3. The third-order valence-corrected chi connectivity index (χ3v) is 3.49. The number of hydrogen-bond donors (Lipinski definition) is 2. The van der Waals surface area contributed by atoms with Crippen molar-refractivity contribution in [1.82, 2.24) is 0 Å². The number of hydrogen-bond acceptors (Lipinski definition) is 4. The Balaban J connectivity index is 2.04. The second-order valence-corrected chi connectivity index (χ2v) is 5.29. The molecule has 23 heavy (non-hydrogen) atoms. The summed E-state index contributed by atoms with van der Waals surface area (Å²) in [6.45, 7) is 3.80. The lowest BCUT2D eigenvalue weighted by molar-refractivity contribution is -0.116. The van der Waals surface area contributed by atoms with Crippen molar-refractivity contribution in [3.63, 3.8) is 0 Å². The Morgan fingerprint density at radius 1 is 1.04 bits per heavy atom. The van der Waals surface area contributed by atoms with Gasteiger partial charge in [-0.1, -0.05) is 17.7 Å². The molecule has 0 heterocycles. The monoisotopic (exact) mass is 314 g/mol. The second-order valence-electron chi connectivity index (χ2n) is 5.29. The summed E-state index contributed by atoms with van der Waals surface area (Å²) >= 11 is 0. The van der Waals surface area contributed by atoms with Gasteiger partial charge < -0.3 is 20.1 Å². The van der Waals surface area contributed by atoms with Gasteiger partial charge in [0.2, 0.25) is 5.91 Å². The number of aryl methyl sites for hydroxylation is 1. The second kappa shape index (κ2) is 7.54. The quantitative estimate of drug-likeness (QED) is 0.857. The molecular weight excluding hydrogens is 292 g/mol. The van der Waals surface area contributed by atoms with Crippen LogP contribution in [-0.2, 0) is 4.79 Å². The van der Waals surface area contributed by atoms with Gasteiger partial charge in [0.1, 0.15) is 17.5 Å².